The maximum atomic E-state index is 4.62. The summed E-state index contributed by atoms with van der Waals surface area (Å²) < 4.78 is 0. The van der Waals surface area contributed by atoms with E-state index < -0.39 is 0 Å². The van der Waals surface area contributed by atoms with Crippen LogP contribution in [0.4, 0.5) is 0 Å². The molecule has 0 aromatic carbocycles. The molecule has 4 heteroatoms. The summed E-state index contributed by atoms with van der Waals surface area (Å²) in [6.07, 6.45) is 1.15. The first-order valence-electron chi connectivity index (χ1n) is 5.50. The second-order valence-electron chi connectivity index (χ2n) is 3.85. The van der Waals surface area contributed by atoms with Crippen LogP contribution in [0.25, 0.3) is 10.6 Å². The molecule has 0 radical (unpaired) electrons. The van der Waals surface area contributed by atoms with Gasteiger partial charge in [-0.1, -0.05) is 6.92 Å². The topological polar surface area (TPSA) is 24.9 Å². The Kier molecular flexibility index (Phi) is 4.09. The molecule has 0 amide bonds. The van der Waals surface area contributed by atoms with Gasteiger partial charge >= 0.3 is 0 Å². The van der Waals surface area contributed by atoms with Crippen LogP contribution in [0.5, 0.6) is 0 Å². The lowest BCUT2D eigenvalue weighted by Crippen LogP contribution is -2.24. The fourth-order valence-corrected chi connectivity index (χ4v) is 2.86. The van der Waals surface area contributed by atoms with Crippen LogP contribution in [-0.2, 0) is 6.54 Å². The average Bonchev–Trinajstić information content (AvgIpc) is 2.95. The van der Waals surface area contributed by atoms with Crippen LogP contribution in [0.1, 0.15) is 26.0 Å². The van der Waals surface area contributed by atoms with Crippen molar-refractivity contribution in [3.8, 4) is 10.6 Å². The lowest BCUT2D eigenvalue weighted by molar-refractivity contribution is 0.530. The molecule has 16 heavy (non-hydrogen) atoms. The molecular weight excluding hydrogens is 236 g/mol. The van der Waals surface area contributed by atoms with Crippen molar-refractivity contribution in [1.82, 2.24) is 10.3 Å². The molecule has 0 fully saturated rings. The van der Waals surface area contributed by atoms with Crippen molar-refractivity contribution in [1.29, 1.82) is 0 Å². The molecule has 1 atom stereocenters. The molecule has 0 bridgehead atoms. The number of thiazole rings is 1. The summed E-state index contributed by atoms with van der Waals surface area (Å²) >= 11 is 3.44. The van der Waals surface area contributed by atoms with Crippen molar-refractivity contribution in [2.24, 2.45) is 0 Å². The fourth-order valence-electron chi connectivity index (χ4n) is 1.33. The Bertz CT molecular complexity index is 420. The van der Waals surface area contributed by atoms with Gasteiger partial charge in [0.05, 0.1) is 5.69 Å². The zero-order chi connectivity index (χ0) is 11.4. The van der Waals surface area contributed by atoms with Crippen molar-refractivity contribution in [2.45, 2.75) is 32.9 Å². The molecule has 86 valence electrons. The average molecular weight is 252 g/mol. The SMILES string of the molecule is CCC(C)NCc1csc(-c2ccsc2)n1. The van der Waals surface area contributed by atoms with E-state index in [-0.39, 0.29) is 0 Å². The van der Waals surface area contributed by atoms with Crippen molar-refractivity contribution in [3.05, 3.63) is 27.9 Å². The van der Waals surface area contributed by atoms with Crippen molar-refractivity contribution >= 4 is 22.7 Å². The molecular formula is C12H16N2S2. The van der Waals surface area contributed by atoms with Crippen LogP contribution >= 0.6 is 22.7 Å². The van der Waals surface area contributed by atoms with Gasteiger partial charge in [-0.05, 0) is 24.8 Å². The van der Waals surface area contributed by atoms with Crippen molar-refractivity contribution < 1.29 is 0 Å². The van der Waals surface area contributed by atoms with E-state index in [9.17, 15) is 0 Å². The highest BCUT2D eigenvalue weighted by atomic mass is 32.1. The molecule has 0 aliphatic heterocycles. The van der Waals surface area contributed by atoms with Gasteiger partial charge in [-0.15, -0.1) is 11.3 Å². The Labute approximate surface area is 104 Å². The maximum absolute atomic E-state index is 4.62. The monoisotopic (exact) mass is 252 g/mol. The van der Waals surface area contributed by atoms with Gasteiger partial charge in [0.15, 0.2) is 0 Å². The summed E-state index contributed by atoms with van der Waals surface area (Å²) in [6.45, 7) is 5.26. The first-order valence-corrected chi connectivity index (χ1v) is 7.32. The molecule has 0 saturated heterocycles. The Morgan fingerprint density at radius 2 is 2.31 bits per heavy atom. The summed E-state index contributed by atoms with van der Waals surface area (Å²) in [5, 5.41) is 11.0. The van der Waals surface area contributed by atoms with Crippen LogP contribution in [0.3, 0.4) is 0 Å². The van der Waals surface area contributed by atoms with Gasteiger partial charge in [-0.3, -0.25) is 0 Å². The third-order valence-corrected chi connectivity index (χ3v) is 4.19. The number of thiophene rings is 1. The van der Waals surface area contributed by atoms with E-state index in [2.05, 4.69) is 46.4 Å². The predicted octanol–water partition coefficient (Wildman–Crippen LogP) is 3.76. The molecule has 2 aromatic heterocycles. The standard InChI is InChI=1S/C12H16N2S2/c1-3-9(2)13-6-11-8-16-12(14-11)10-4-5-15-7-10/h4-5,7-9,13H,3,6H2,1-2H3. The molecule has 2 heterocycles. The largest absolute Gasteiger partial charge is 0.309 e. The quantitative estimate of drug-likeness (QED) is 0.876. The van der Waals surface area contributed by atoms with Gasteiger partial charge in [0.2, 0.25) is 0 Å². The lowest BCUT2D eigenvalue weighted by Gasteiger charge is -2.08. The normalized spacial score (nSPS) is 12.9. The number of aromatic nitrogens is 1. The van der Waals surface area contributed by atoms with Crippen molar-refractivity contribution in [3.63, 3.8) is 0 Å². The van der Waals surface area contributed by atoms with E-state index in [1.807, 2.05) is 0 Å². The highest BCUT2D eigenvalue weighted by Crippen LogP contribution is 2.25. The summed E-state index contributed by atoms with van der Waals surface area (Å²) in [4.78, 5) is 4.62. The predicted molar refractivity (Wildman–Crippen MR) is 72.0 cm³/mol. The smallest absolute Gasteiger partial charge is 0.124 e. The van der Waals surface area contributed by atoms with E-state index in [0.717, 1.165) is 23.7 Å². The first kappa shape index (κ1) is 11.8. The number of hydrogen-bond acceptors (Lipinski definition) is 4. The Morgan fingerprint density at radius 3 is 3.00 bits per heavy atom. The van der Waals surface area contributed by atoms with Crippen molar-refractivity contribution in [2.75, 3.05) is 0 Å². The van der Waals surface area contributed by atoms with Gasteiger partial charge < -0.3 is 5.32 Å². The zero-order valence-corrected chi connectivity index (χ0v) is 11.2. The van der Waals surface area contributed by atoms with Crippen LogP contribution in [0.15, 0.2) is 22.2 Å². The summed E-state index contributed by atoms with van der Waals surface area (Å²) in [5.74, 6) is 0. The van der Waals surface area contributed by atoms with E-state index in [1.165, 1.54) is 5.56 Å². The van der Waals surface area contributed by atoms with Crippen LogP contribution in [-0.4, -0.2) is 11.0 Å². The second kappa shape index (κ2) is 5.57. The first-order chi connectivity index (χ1) is 7.79. The van der Waals surface area contributed by atoms with E-state index in [0.29, 0.717) is 6.04 Å². The highest BCUT2D eigenvalue weighted by Gasteiger charge is 2.05. The van der Waals surface area contributed by atoms with Crippen LogP contribution in [0.2, 0.25) is 0 Å². The minimum atomic E-state index is 0.561. The molecule has 0 aliphatic carbocycles. The highest BCUT2D eigenvalue weighted by molar-refractivity contribution is 7.14. The van der Waals surface area contributed by atoms with E-state index >= 15 is 0 Å². The molecule has 2 rings (SSSR count). The van der Waals surface area contributed by atoms with Crippen LogP contribution in [0, 0.1) is 0 Å². The van der Waals surface area contributed by atoms with E-state index in [4.69, 9.17) is 0 Å². The summed E-state index contributed by atoms with van der Waals surface area (Å²) in [7, 11) is 0. The fraction of sp³-hybridized carbons (Fsp3) is 0.417. The Hall–Kier alpha value is -0.710. The van der Waals surface area contributed by atoms with Gasteiger partial charge in [0.25, 0.3) is 0 Å². The molecule has 1 N–H and O–H groups in total. The molecule has 2 nitrogen and oxygen atoms in total. The van der Waals surface area contributed by atoms with Gasteiger partial charge in [-0.25, -0.2) is 4.98 Å². The zero-order valence-electron chi connectivity index (χ0n) is 9.56. The van der Waals surface area contributed by atoms with Gasteiger partial charge in [0, 0.05) is 28.9 Å². The Morgan fingerprint density at radius 1 is 1.44 bits per heavy atom. The van der Waals surface area contributed by atoms with Gasteiger partial charge in [-0.2, -0.15) is 11.3 Å². The minimum Gasteiger partial charge on any atom is -0.309 e. The number of nitrogens with zero attached hydrogens (tertiary/aromatic N) is 1. The third-order valence-electron chi connectivity index (χ3n) is 2.56. The number of rotatable bonds is 5. The molecule has 0 saturated carbocycles. The summed E-state index contributed by atoms with van der Waals surface area (Å²) in [6, 6.07) is 2.68. The second-order valence-corrected chi connectivity index (χ2v) is 5.48. The molecule has 1 unspecified atom stereocenters. The minimum absolute atomic E-state index is 0.561. The van der Waals surface area contributed by atoms with E-state index in [1.54, 1.807) is 22.7 Å². The molecule has 2 aromatic rings. The third kappa shape index (κ3) is 2.90. The lowest BCUT2D eigenvalue weighted by atomic mass is 10.2. The van der Waals surface area contributed by atoms with Gasteiger partial charge in [0.1, 0.15) is 5.01 Å². The molecule has 0 aliphatic rings. The maximum Gasteiger partial charge on any atom is 0.124 e. The number of hydrogen-bond donors (Lipinski definition) is 1. The molecule has 0 spiro atoms. The van der Waals surface area contributed by atoms with Crippen LogP contribution < -0.4 is 5.32 Å². The number of nitrogens with one attached hydrogen (secondary N) is 1. The summed E-state index contributed by atoms with van der Waals surface area (Å²) in [5.41, 5.74) is 2.39. The Balaban J connectivity index is 1.98.